The number of amides is 1. The molecule has 3 aromatic rings. The number of carbonyl (C=O) groups excluding carboxylic acids is 1. The van der Waals surface area contributed by atoms with Crippen LogP contribution in [0.4, 0.5) is 0 Å². The van der Waals surface area contributed by atoms with Gasteiger partial charge in [0.1, 0.15) is 18.1 Å². The second-order valence-corrected chi connectivity index (χ2v) is 7.35. The molecule has 0 saturated carbocycles. The average Bonchev–Trinajstić information content (AvgIpc) is 3.04. The van der Waals surface area contributed by atoms with Crippen LogP contribution in [-0.4, -0.2) is 11.1 Å². The van der Waals surface area contributed by atoms with Crippen molar-refractivity contribution in [2.75, 3.05) is 0 Å². The van der Waals surface area contributed by atoms with Crippen molar-refractivity contribution >= 4 is 5.91 Å². The predicted molar refractivity (Wildman–Crippen MR) is 113 cm³/mol. The van der Waals surface area contributed by atoms with Gasteiger partial charge in [0.05, 0.1) is 23.7 Å². The summed E-state index contributed by atoms with van der Waals surface area (Å²) in [5, 5.41) is 7.07. The summed E-state index contributed by atoms with van der Waals surface area (Å²) in [6, 6.07) is 16.0. The molecular weight excluding hydrogens is 364 g/mol. The first-order chi connectivity index (χ1) is 14.0. The lowest BCUT2D eigenvalue weighted by Crippen LogP contribution is -2.29. The molecule has 1 N–H and O–H groups in total. The lowest BCUT2D eigenvalue weighted by Gasteiger charge is -2.18. The Balaban J connectivity index is 1.54. The van der Waals surface area contributed by atoms with Gasteiger partial charge in [-0.2, -0.15) is 0 Å². The molecule has 0 aliphatic rings. The number of hydrogen-bond donors (Lipinski definition) is 1. The van der Waals surface area contributed by atoms with Gasteiger partial charge in [0.2, 0.25) is 5.91 Å². The highest BCUT2D eigenvalue weighted by Crippen LogP contribution is 2.19. The Kier molecular flexibility index (Phi) is 6.70. The number of carbonyl (C=O) groups is 1. The van der Waals surface area contributed by atoms with Gasteiger partial charge < -0.3 is 14.6 Å². The minimum atomic E-state index is 0.0156. The average molecular weight is 392 g/mol. The molecule has 0 fully saturated rings. The van der Waals surface area contributed by atoms with E-state index in [0.717, 1.165) is 40.3 Å². The van der Waals surface area contributed by atoms with Crippen LogP contribution in [-0.2, 0) is 17.8 Å². The molecule has 3 rings (SSSR count). The van der Waals surface area contributed by atoms with Crippen molar-refractivity contribution < 1.29 is 14.1 Å². The van der Waals surface area contributed by atoms with E-state index in [-0.39, 0.29) is 11.9 Å². The van der Waals surface area contributed by atoms with E-state index in [0.29, 0.717) is 13.0 Å². The Morgan fingerprint density at radius 3 is 2.34 bits per heavy atom. The van der Waals surface area contributed by atoms with Gasteiger partial charge in [-0.15, -0.1) is 0 Å². The number of rotatable bonds is 8. The fourth-order valence-corrected chi connectivity index (χ4v) is 3.22. The molecule has 152 valence electrons. The van der Waals surface area contributed by atoms with E-state index < -0.39 is 0 Å². The number of ether oxygens (including phenoxy) is 1. The second kappa shape index (κ2) is 9.41. The highest BCUT2D eigenvalue weighted by Gasteiger charge is 2.13. The normalized spacial score (nSPS) is 11.9. The zero-order chi connectivity index (χ0) is 20.8. The van der Waals surface area contributed by atoms with Crippen LogP contribution in [0.3, 0.4) is 0 Å². The molecule has 1 atom stereocenters. The summed E-state index contributed by atoms with van der Waals surface area (Å²) in [5.74, 6) is 1.54. The van der Waals surface area contributed by atoms with Gasteiger partial charge in [0.25, 0.3) is 0 Å². The lowest BCUT2D eigenvalue weighted by atomic mass is 10.0. The number of aryl methyl sites for hydroxylation is 3. The third-order valence-corrected chi connectivity index (χ3v) is 5.08. The van der Waals surface area contributed by atoms with Crippen LogP contribution in [0.2, 0.25) is 0 Å². The van der Waals surface area contributed by atoms with E-state index >= 15 is 0 Å². The van der Waals surface area contributed by atoms with Crippen LogP contribution in [0.5, 0.6) is 5.75 Å². The molecule has 0 bridgehead atoms. The summed E-state index contributed by atoms with van der Waals surface area (Å²) >= 11 is 0. The van der Waals surface area contributed by atoms with Gasteiger partial charge in [0.15, 0.2) is 0 Å². The Morgan fingerprint density at radius 2 is 1.76 bits per heavy atom. The quantitative estimate of drug-likeness (QED) is 0.587. The monoisotopic (exact) mass is 392 g/mol. The second-order valence-electron chi connectivity index (χ2n) is 7.35. The van der Waals surface area contributed by atoms with E-state index in [1.807, 2.05) is 38.1 Å². The van der Waals surface area contributed by atoms with E-state index in [1.165, 1.54) is 5.56 Å². The van der Waals surface area contributed by atoms with Crippen molar-refractivity contribution in [3.05, 3.63) is 82.2 Å². The molecule has 5 nitrogen and oxygen atoms in total. The van der Waals surface area contributed by atoms with Gasteiger partial charge in [-0.05, 0) is 50.5 Å². The topological polar surface area (TPSA) is 64.4 Å². The molecule has 1 aromatic heterocycles. The summed E-state index contributed by atoms with van der Waals surface area (Å²) < 4.78 is 11.0. The van der Waals surface area contributed by atoms with Crippen molar-refractivity contribution in [3.63, 3.8) is 0 Å². The summed E-state index contributed by atoms with van der Waals surface area (Å²) in [7, 11) is 0. The largest absolute Gasteiger partial charge is 0.489 e. The van der Waals surface area contributed by atoms with Crippen LogP contribution < -0.4 is 10.1 Å². The molecule has 0 aliphatic carbocycles. The Hall–Kier alpha value is -3.08. The summed E-state index contributed by atoms with van der Waals surface area (Å²) in [6.45, 7) is 8.33. The van der Waals surface area contributed by atoms with Crippen LogP contribution in [0, 0.1) is 20.8 Å². The number of nitrogens with one attached hydrogen (secondary N) is 1. The number of nitrogens with zero attached hydrogens (tertiary/aromatic N) is 1. The number of aromatic nitrogens is 1. The zero-order valence-electron chi connectivity index (χ0n) is 17.5. The highest BCUT2D eigenvalue weighted by atomic mass is 16.5. The maximum absolute atomic E-state index is 12.5. The maximum atomic E-state index is 12.5. The van der Waals surface area contributed by atoms with Crippen molar-refractivity contribution in [1.29, 1.82) is 0 Å². The van der Waals surface area contributed by atoms with Gasteiger partial charge in [-0.3, -0.25) is 4.79 Å². The first kappa shape index (κ1) is 20.6. The van der Waals surface area contributed by atoms with Crippen LogP contribution in [0.25, 0.3) is 0 Å². The molecule has 0 aliphatic heterocycles. The van der Waals surface area contributed by atoms with E-state index in [2.05, 4.69) is 48.6 Å². The fourth-order valence-electron chi connectivity index (χ4n) is 3.22. The Bertz CT molecular complexity index is 924. The van der Waals surface area contributed by atoms with E-state index in [1.54, 1.807) is 0 Å². The molecule has 1 heterocycles. The molecule has 29 heavy (non-hydrogen) atoms. The molecule has 0 saturated heterocycles. The molecule has 1 amide bonds. The van der Waals surface area contributed by atoms with Crippen LogP contribution in [0.1, 0.15) is 53.1 Å². The molecule has 2 aromatic carbocycles. The highest BCUT2D eigenvalue weighted by molar-refractivity contribution is 5.79. The predicted octanol–water partition coefficient (Wildman–Crippen LogP) is 4.99. The summed E-state index contributed by atoms with van der Waals surface area (Å²) in [6.07, 6.45) is 1.19. The van der Waals surface area contributed by atoms with Gasteiger partial charge in [0, 0.05) is 0 Å². The SMILES string of the molecule is CCC(NC(=O)Cc1ccc(OCc2c(C)noc2C)cc1)c1ccc(C)cc1. The zero-order valence-corrected chi connectivity index (χ0v) is 17.5. The van der Waals surface area contributed by atoms with Crippen LogP contribution >= 0.6 is 0 Å². The molecule has 0 spiro atoms. The minimum Gasteiger partial charge on any atom is -0.489 e. The maximum Gasteiger partial charge on any atom is 0.224 e. The summed E-state index contributed by atoms with van der Waals surface area (Å²) in [5.41, 5.74) is 5.11. The van der Waals surface area contributed by atoms with Gasteiger partial charge in [-0.25, -0.2) is 0 Å². The van der Waals surface area contributed by atoms with Crippen molar-refractivity contribution in [3.8, 4) is 5.75 Å². The number of hydrogen-bond acceptors (Lipinski definition) is 4. The number of benzene rings is 2. The molecular formula is C24H28N2O3. The van der Waals surface area contributed by atoms with Crippen LogP contribution in [0.15, 0.2) is 53.1 Å². The van der Waals surface area contributed by atoms with Gasteiger partial charge >= 0.3 is 0 Å². The fraction of sp³-hybridized carbons (Fsp3) is 0.333. The van der Waals surface area contributed by atoms with Gasteiger partial charge in [-0.1, -0.05) is 54.0 Å². The van der Waals surface area contributed by atoms with Crippen molar-refractivity contribution in [2.45, 2.75) is 53.2 Å². The van der Waals surface area contributed by atoms with E-state index in [9.17, 15) is 4.79 Å². The standard InChI is InChI=1S/C24H28N2O3/c1-5-23(20-10-6-16(2)7-11-20)25-24(27)14-19-8-12-21(13-9-19)28-15-22-17(3)26-29-18(22)4/h6-13,23H,5,14-15H2,1-4H3,(H,25,27). The molecule has 0 radical (unpaired) electrons. The third kappa shape index (κ3) is 5.47. The van der Waals surface area contributed by atoms with E-state index in [4.69, 9.17) is 9.26 Å². The first-order valence-electron chi connectivity index (χ1n) is 9.95. The smallest absolute Gasteiger partial charge is 0.224 e. The third-order valence-electron chi connectivity index (χ3n) is 5.08. The molecule has 1 unspecified atom stereocenters. The Morgan fingerprint density at radius 1 is 1.07 bits per heavy atom. The lowest BCUT2D eigenvalue weighted by molar-refractivity contribution is -0.121. The van der Waals surface area contributed by atoms with Crippen molar-refractivity contribution in [2.24, 2.45) is 0 Å². The molecule has 5 heteroatoms. The first-order valence-corrected chi connectivity index (χ1v) is 9.95. The summed E-state index contributed by atoms with van der Waals surface area (Å²) in [4.78, 5) is 12.5. The van der Waals surface area contributed by atoms with Crippen molar-refractivity contribution in [1.82, 2.24) is 10.5 Å². The minimum absolute atomic E-state index is 0.0156. The Labute approximate surface area is 172 Å².